The summed E-state index contributed by atoms with van der Waals surface area (Å²) in [6, 6.07) is 9.05. The van der Waals surface area contributed by atoms with Crippen molar-refractivity contribution in [3.05, 3.63) is 35.9 Å². The van der Waals surface area contributed by atoms with Gasteiger partial charge in [0.15, 0.2) is 0 Å². The van der Waals surface area contributed by atoms with Gasteiger partial charge in [0, 0.05) is 0 Å². The highest BCUT2D eigenvalue weighted by Crippen LogP contribution is 2.56. The Kier molecular flexibility index (Phi) is 6.45. The van der Waals surface area contributed by atoms with Gasteiger partial charge in [-0.2, -0.15) is 0 Å². The third kappa shape index (κ3) is 4.13. The fraction of sp³-hybridized carbons (Fsp3) is 0.364. The van der Waals surface area contributed by atoms with Crippen molar-refractivity contribution in [3.63, 3.8) is 0 Å². The summed E-state index contributed by atoms with van der Waals surface area (Å²) in [7, 11) is 0. The molecule has 0 radical (unpaired) electrons. The van der Waals surface area contributed by atoms with Crippen LogP contribution in [-0.4, -0.2) is 18.4 Å². The summed E-state index contributed by atoms with van der Waals surface area (Å²) in [4.78, 5) is 0. The summed E-state index contributed by atoms with van der Waals surface area (Å²) in [5.74, 6) is -0.624. The Labute approximate surface area is 151 Å². The molecule has 0 atom stereocenters. The molecular weight excluding hydrogens is 410 g/mol. The smallest absolute Gasteiger partial charge is 0.229 e. The van der Waals surface area contributed by atoms with Crippen molar-refractivity contribution in [2.75, 3.05) is 0 Å². The van der Waals surface area contributed by atoms with E-state index >= 15 is 0 Å². The Morgan fingerprint density at radius 3 is 1.90 bits per heavy atom. The van der Waals surface area contributed by atoms with E-state index in [-0.39, 0.29) is 6.61 Å². The zero-order valence-electron chi connectivity index (χ0n) is 9.65. The predicted molar refractivity (Wildman–Crippen MR) is 88.1 cm³/mol. The van der Waals surface area contributed by atoms with Gasteiger partial charge in [-0.3, -0.25) is 5.41 Å². The van der Waals surface area contributed by atoms with Gasteiger partial charge in [-0.1, -0.05) is 112 Å². The number of halogens is 7. The van der Waals surface area contributed by atoms with E-state index in [2.05, 4.69) is 0 Å². The Morgan fingerprint density at radius 2 is 1.45 bits per heavy atom. The molecule has 2 nitrogen and oxygen atoms in total. The summed E-state index contributed by atoms with van der Waals surface area (Å²) >= 11 is 40.4. The highest BCUT2D eigenvalue weighted by Gasteiger charge is 2.63. The number of ether oxygens (including phenoxy) is 1. The van der Waals surface area contributed by atoms with Gasteiger partial charge in [0.25, 0.3) is 0 Å². The minimum Gasteiger partial charge on any atom is -0.474 e. The number of benzene rings is 1. The minimum absolute atomic E-state index is 0.0462. The lowest BCUT2D eigenvalue weighted by molar-refractivity contribution is 0.276. The van der Waals surface area contributed by atoms with Gasteiger partial charge >= 0.3 is 0 Å². The van der Waals surface area contributed by atoms with E-state index < -0.39 is 18.4 Å². The highest BCUT2D eigenvalue weighted by molar-refractivity contribution is 6.80. The maximum atomic E-state index is 7.75. The first-order valence-electron chi connectivity index (χ1n) is 5.08. The number of hydrogen-bond donors (Lipinski definition) is 1. The lowest BCUT2D eigenvalue weighted by Crippen LogP contribution is -2.52. The number of alkyl halides is 7. The molecule has 0 unspecified atom stereocenters. The van der Waals surface area contributed by atoms with Crippen LogP contribution in [0, 0.1) is 5.41 Å². The van der Waals surface area contributed by atoms with Crippen LogP contribution in [0.15, 0.2) is 30.3 Å². The van der Waals surface area contributed by atoms with Gasteiger partial charge in [-0.05, 0) is 5.56 Å². The second-order valence-corrected chi connectivity index (χ2v) is 8.69. The van der Waals surface area contributed by atoms with Crippen LogP contribution in [0.25, 0.3) is 0 Å². The van der Waals surface area contributed by atoms with Gasteiger partial charge in [-0.15, -0.1) is 0 Å². The molecule has 20 heavy (non-hydrogen) atoms. The molecule has 0 aliphatic carbocycles. The van der Waals surface area contributed by atoms with Crippen LogP contribution in [0.4, 0.5) is 0 Å². The molecule has 1 aromatic rings. The number of hydrogen-bond acceptors (Lipinski definition) is 2. The van der Waals surface area contributed by atoms with Gasteiger partial charge in [0.05, 0.1) is 0 Å². The van der Waals surface area contributed by atoms with Gasteiger partial charge < -0.3 is 4.74 Å². The van der Waals surface area contributed by atoms with Crippen molar-refractivity contribution in [2.45, 2.75) is 19.1 Å². The van der Waals surface area contributed by atoms with Gasteiger partial charge in [0.1, 0.15) is 6.61 Å². The summed E-state index contributed by atoms with van der Waals surface area (Å²) in [5.41, 5.74) is 0.796. The second-order valence-electron chi connectivity index (χ2n) is 3.75. The first kappa shape index (κ1) is 18.8. The van der Waals surface area contributed by atoms with E-state index in [9.17, 15) is 0 Å². The maximum Gasteiger partial charge on any atom is 0.229 e. The maximum absolute atomic E-state index is 7.75. The average molecular weight is 418 g/mol. The normalized spacial score (nSPS) is 13.2. The molecule has 9 heteroatoms. The molecule has 1 aromatic carbocycles. The van der Waals surface area contributed by atoms with Crippen LogP contribution in [0.3, 0.4) is 0 Å². The average Bonchev–Trinajstić information content (AvgIpc) is 2.35. The predicted octanol–water partition coefficient (Wildman–Crippen LogP) is 5.90. The Bertz CT molecular complexity index is 469. The molecular formula is C11H8Cl7NO. The molecule has 1 N–H and O–H groups in total. The largest absolute Gasteiger partial charge is 0.474 e. The third-order valence-electron chi connectivity index (χ3n) is 2.26. The lowest BCUT2D eigenvalue weighted by Gasteiger charge is -2.36. The summed E-state index contributed by atoms with van der Waals surface area (Å²) in [6.45, 7) is 0.0462. The Morgan fingerprint density at radius 1 is 0.950 bits per heavy atom. The second kappa shape index (κ2) is 6.87. The van der Waals surface area contributed by atoms with Crippen LogP contribution >= 0.6 is 81.2 Å². The van der Waals surface area contributed by atoms with E-state index in [0.29, 0.717) is 0 Å². The van der Waals surface area contributed by atoms with Crippen molar-refractivity contribution in [1.82, 2.24) is 0 Å². The molecule has 0 aliphatic heterocycles. The number of nitrogens with one attached hydrogen (secondary N) is 1. The van der Waals surface area contributed by atoms with Crippen LogP contribution < -0.4 is 0 Å². The highest BCUT2D eigenvalue weighted by atomic mass is 35.6. The lowest BCUT2D eigenvalue weighted by atomic mass is 10.2. The van der Waals surface area contributed by atoms with Crippen molar-refractivity contribution < 1.29 is 4.74 Å². The molecule has 1 rings (SSSR count). The van der Waals surface area contributed by atoms with Crippen LogP contribution in [-0.2, 0) is 11.3 Å². The summed E-state index contributed by atoms with van der Waals surface area (Å²) < 4.78 is -1.59. The fourth-order valence-corrected chi connectivity index (χ4v) is 2.42. The van der Waals surface area contributed by atoms with Crippen molar-refractivity contribution in [2.24, 2.45) is 0 Å². The quantitative estimate of drug-likeness (QED) is 0.369. The number of rotatable bonds is 4. The summed E-state index contributed by atoms with van der Waals surface area (Å²) in [5, 5.41) is 7.75. The minimum atomic E-state index is -2.28. The Balaban J connectivity index is 2.80. The summed E-state index contributed by atoms with van der Waals surface area (Å²) in [6.07, 6.45) is 0. The van der Waals surface area contributed by atoms with Gasteiger partial charge in [-0.25, -0.2) is 0 Å². The van der Waals surface area contributed by atoms with Crippen molar-refractivity contribution in [3.8, 4) is 0 Å². The molecule has 112 valence electrons. The topological polar surface area (TPSA) is 33.1 Å². The van der Waals surface area contributed by atoms with Crippen molar-refractivity contribution >= 4 is 87.1 Å². The Hall–Kier alpha value is 0.720. The van der Waals surface area contributed by atoms with E-state index in [1.165, 1.54) is 0 Å². The molecule has 0 spiro atoms. The van der Waals surface area contributed by atoms with E-state index in [4.69, 9.17) is 91.4 Å². The molecule has 0 aliphatic rings. The molecule has 0 aromatic heterocycles. The molecule has 0 amide bonds. The van der Waals surface area contributed by atoms with E-state index in [1.54, 1.807) is 12.1 Å². The van der Waals surface area contributed by atoms with Crippen LogP contribution in [0.1, 0.15) is 5.56 Å². The van der Waals surface area contributed by atoms with E-state index in [0.717, 1.165) is 5.56 Å². The first-order chi connectivity index (χ1) is 9.00. The van der Waals surface area contributed by atoms with E-state index in [1.807, 2.05) is 18.2 Å². The van der Waals surface area contributed by atoms with Crippen LogP contribution in [0.2, 0.25) is 0 Å². The van der Waals surface area contributed by atoms with Gasteiger partial charge in [0.2, 0.25) is 18.4 Å². The zero-order valence-corrected chi connectivity index (χ0v) is 14.9. The SMILES string of the molecule is N=C(OCc1ccccc1)C(Cl)(Cl)C(Cl)(Cl)C(Cl)(Cl)Cl. The zero-order chi connectivity index (χ0) is 15.6. The third-order valence-corrected chi connectivity index (χ3v) is 6.12. The molecule has 0 saturated carbocycles. The monoisotopic (exact) mass is 415 g/mol. The van der Waals surface area contributed by atoms with Crippen molar-refractivity contribution in [1.29, 1.82) is 5.41 Å². The molecule has 0 fully saturated rings. The molecule has 0 saturated heterocycles. The van der Waals surface area contributed by atoms with Crippen LogP contribution in [0.5, 0.6) is 0 Å². The molecule has 0 bridgehead atoms. The fourth-order valence-electron chi connectivity index (χ4n) is 1.14. The first-order valence-corrected chi connectivity index (χ1v) is 7.73. The standard InChI is InChI=1S/C11H8Cl7NO/c12-9(13,10(14,15)11(16,17)18)8(19)20-6-7-4-2-1-3-5-7/h1-5,19H,6H2. The molecule has 0 heterocycles.